The summed E-state index contributed by atoms with van der Waals surface area (Å²) in [6.07, 6.45) is 4.93. The minimum Gasteiger partial charge on any atom is -0.489 e. The van der Waals surface area contributed by atoms with Crippen molar-refractivity contribution in [3.8, 4) is 5.75 Å². The lowest BCUT2D eigenvalue weighted by atomic mass is 10.1. The summed E-state index contributed by atoms with van der Waals surface area (Å²) in [6, 6.07) is 9.43. The van der Waals surface area contributed by atoms with Crippen LogP contribution in [-0.2, 0) is 28.4 Å². The molecule has 2 aromatic carbocycles. The van der Waals surface area contributed by atoms with Crippen molar-refractivity contribution < 1.29 is 14.2 Å². The number of halogens is 3. The number of hydrogen-bond acceptors (Lipinski definition) is 6. The van der Waals surface area contributed by atoms with Crippen molar-refractivity contribution in [3.05, 3.63) is 80.8 Å². The van der Waals surface area contributed by atoms with Crippen LogP contribution in [0.3, 0.4) is 0 Å². The Labute approximate surface area is 261 Å². The van der Waals surface area contributed by atoms with Crippen LogP contribution in [0.2, 0.25) is 15.1 Å². The van der Waals surface area contributed by atoms with Gasteiger partial charge in [0, 0.05) is 62.2 Å². The van der Waals surface area contributed by atoms with E-state index in [1.54, 1.807) is 24.7 Å². The summed E-state index contributed by atoms with van der Waals surface area (Å²) in [6.45, 7) is 10.4. The van der Waals surface area contributed by atoms with E-state index in [-0.39, 0.29) is 12.7 Å². The maximum absolute atomic E-state index is 6.73. The molecule has 12 heteroatoms. The van der Waals surface area contributed by atoms with Gasteiger partial charge in [0.2, 0.25) is 5.79 Å². The van der Waals surface area contributed by atoms with Crippen molar-refractivity contribution >= 4 is 52.1 Å². The van der Waals surface area contributed by atoms with Gasteiger partial charge in [-0.05, 0) is 55.4 Å². The number of nitrogens with one attached hydrogen (secondary N) is 1. The summed E-state index contributed by atoms with van der Waals surface area (Å²) >= 11 is 24.9. The van der Waals surface area contributed by atoms with E-state index in [2.05, 4.69) is 33.1 Å². The molecule has 1 aromatic heterocycles. The highest BCUT2D eigenvalue weighted by molar-refractivity contribution is 7.80. The molecule has 2 fully saturated rings. The second kappa shape index (κ2) is 13.5. The van der Waals surface area contributed by atoms with Crippen LogP contribution in [0, 0.1) is 6.92 Å². The maximum Gasteiger partial charge on any atom is 0.215 e. The number of benzene rings is 2. The number of aromatic nitrogens is 2. The van der Waals surface area contributed by atoms with Crippen LogP contribution in [0.4, 0.5) is 0 Å². The molecule has 3 aromatic rings. The summed E-state index contributed by atoms with van der Waals surface area (Å²) < 4.78 is 20.9. The van der Waals surface area contributed by atoms with E-state index in [0.29, 0.717) is 39.5 Å². The number of rotatable bonds is 9. The van der Waals surface area contributed by atoms with E-state index in [0.717, 1.165) is 55.5 Å². The van der Waals surface area contributed by atoms with Gasteiger partial charge in [0.25, 0.3) is 0 Å². The number of imidazole rings is 1. The van der Waals surface area contributed by atoms with E-state index in [9.17, 15) is 0 Å². The van der Waals surface area contributed by atoms with Gasteiger partial charge in [0.1, 0.15) is 18.5 Å². The molecule has 0 spiro atoms. The van der Waals surface area contributed by atoms with Gasteiger partial charge in [0.05, 0.1) is 29.5 Å². The van der Waals surface area contributed by atoms with Crippen LogP contribution in [0.15, 0.2) is 49.1 Å². The molecule has 220 valence electrons. The Morgan fingerprint density at radius 1 is 1.15 bits per heavy atom. The first-order valence-corrected chi connectivity index (χ1v) is 15.2. The normalized spacial score (nSPS) is 21.3. The van der Waals surface area contributed by atoms with Crippen LogP contribution in [0.5, 0.6) is 5.75 Å². The molecule has 0 saturated carbocycles. The Kier molecular flexibility index (Phi) is 9.97. The number of nitrogens with zero attached hydrogens (tertiary/aromatic N) is 4. The molecule has 3 heterocycles. The van der Waals surface area contributed by atoms with Gasteiger partial charge in [-0.3, -0.25) is 4.90 Å². The molecule has 0 radical (unpaired) electrons. The summed E-state index contributed by atoms with van der Waals surface area (Å²) in [5, 5.41) is 5.66. The Hall–Kier alpha value is -2.11. The lowest BCUT2D eigenvalue weighted by Crippen LogP contribution is -2.51. The highest BCUT2D eigenvalue weighted by Gasteiger charge is 2.45. The van der Waals surface area contributed by atoms with Crippen molar-refractivity contribution in [3.63, 3.8) is 0 Å². The van der Waals surface area contributed by atoms with Gasteiger partial charge in [-0.15, -0.1) is 0 Å². The Balaban J connectivity index is 1.21. The van der Waals surface area contributed by atoms with Gasteiger partial charge >= 0.3 is 0 Å². The van der Waals surface area contributed by atoms with Crippen LogP contribution in [0.1, 0.15) is 23.6 Å². The predicted molar refractivity (Wildman–Crippen MR) is 166 cm³/mol. The van der Waals surface area contributed by atoms with Gasteiger partial charge in [0.15, 0.2) is 5.11 Å². The molecule has 2 aliphatic rings. The Morgan fingerprint density at radius 2 is 1.95 bits per heavy atom. The molecule has 0 bridgehead atoms. The number of hydrogen-bond donors (Lipinski definition) is 1. The fourth-order valence-electron chi connectivity index (χ4n) is 5.26. The third-order valence-electron chi connectivity index (χ3n) is 7.25. The SMILES string of the molecule is CCNC(=S)N1CCN(Cc2cc(C)c(OC[C@@H]3CO[C@@](Cn4ccnc4)(c4ccc(Cl)cc4Cl)O3)c(Cl)c2)CC1. The number of aryl methyl sites for hydroxylation is 1. The summed E-state index contributed by atoms with van der Waals surface area (Å²) in [5.41, 5.74) is 2.83. The number of piperazine rings is 1. The van der Waals surface area contributed by atoms with Gasteiger partial charge in [-0.1, -0.05) is 46.9 Å². The van der Waals surface area contributed by atoms with E-state index in [1.807, 2.05) is 29.8 Å². The van der Waals surface area contributed by atoms with Crippen molar-refractivity contribution in [2.75, 3.05) is 45.9 Å². The molecular formula is C29H34Cl3N5O3S. The maximum atomic E-state index is 6.73. The number of ether oxygens (including phenoxy) is 3. The zero-order valence-electron chi connectivity index (χ0n) is 23.1. The minimum absolute atomic E-state index is 0.268. The minimum atomic E-state index is -1.11. The van der Waals surface area contributed by atoms with Crippen LogP contribution in [-0.4, -0.2) is 76.5 Å². The molecule has 0 amide bonds. The molecule has 0 aliphatic carbocycles. The fraction of sp³-hybridized carbons (Fsp3) is 0.448. The zero-order chi connectivity index (χ0) is 29.0. The molecule has 1 N–H and O–H groups in total. The van der Waals surface area contributed by atoms with Crippen LogP contribution < -0.4 is 10.1 Å². The quantitative estimate of drug-likeness (QED) is 0.308. The molecule has 2 saturated heterocycles. The Morgan fingerprint density at radius 3 is 2.63 bits per heavy atom. The monoisotopic (exact) mass is 637 g/mol. The van der Waals surface area contributed by atoms with Gasteiger partial charge in [-0.2, -0.15) is 0 Å². The molecule has 8 nitrogen and oxygen atoms in total. The highest BCUT2D eigenvalue weighted by Crippen LogP contribution is 2.41. The second-order valence-electron chi connectivity index (χ2n) is 10.3. The Bertz CT molecular complexity index is 1330. The van der Waals surface area contributed by atoms with Gasteiger partial charge in [-0.25, -0.2) is 4.98 Å². The van der Waals surface area contributed by atoms with Crippen molar-refractivity contribution in [2.45, 2.75) is 38.8 Å². The largest absolute Gasteiger partial charge is 0.489 e. The van der Waals surface area contributed by atoms with Crippen LogP contribution >= 0.6 is 47.0 Å². The summed E-state index contributed by atoms with van der Waals surface area (Å²) in [4.78, 5) is 8.79. The first-order valence-electron chi connectivity index (χ1n) is 13.7. The molecule has 0 unspecified atom stereocenters. The first-order chi connectivity index (χ1) is 19.8. The molecular weight excluding hydrogens is 605 g/mol. The van der Waals surface area contributed by atoms with E-state index >= 15 is 0 Å². The third kappa shape index (κ3) is 7.28. The average molecular weight is 639 g/mol. The van der Waals surface area contributed by atoms with E-state index in [1.165, 1.54) is 0 Å². The smallest absolute Gasteiger partial charge is 0.215 e. The van der Waals surface area contributed by atoms with Crippen molar-refractivity contribution in [2.24, 2.45) is 0 Å². The lowest BCUT2D eigenvalue weighted by molar-refractivity contribution is -0.189. The van der Waals surface area contributed by atoms with Crippen molar-refractivity contribution in [1.29, 1.82) is 0 Å². The lowest BCUT2D eigenvalue weighted by Gasteiger charge is -2.36. The second-order valence-corrected chi connectivity index (χ2v) is 11.9. The predicted octanol–water partition coefficient (Wildman–Crippen LogP) is 5.51. The fourth-order valence-corrected chi connectivity index (χ4v) is 6.48. The van der Waals surface area contributed by atoms with Crippen LogP contribution in [0.25, 0.3) is 0 Å². The molecule has 41 heavy (non-hydrogen) atoms. The van der Waals surface area contributed by atoms with Gasteiger partial charge < -0.3 is 29.0 Å². The summed E-state index contributed by atoms with van der Waals surface area (Å²) in [5.74, 6) is -0.462. The van der Waals surface area contributed by atoms with E-state index in [4.69, 9.17) is 61.2 Å². The molecule has 2 aliphatic heterocycles. The topological polar surface area (TPSA) is 64.0 Å². The third-order valence-corrected chi connectivity index (χ3v) is 8.48. The zero-order valence-corrected chi connectivity index (χ0v) is 26.2. The van der Waals surface area contributed by atoms with Crippen molar-refractivity contribution in [1.82, 2.24) is 24.7 Å². The first kappa shape index (κ1) is 30.4. The summed E-state index contributed by atoms with van der Waals surface area (Å²) in [7, 11) is 0. The standard InChI is InChI=1S/C29H34Cl3N5O3S/c1-3-34-28(41)37-10-8-35(9-11-37)15-21-12-20(2)27(26(32)13-21)38-16-23-17-39-29(40-23,18-36-7-6-33-19-36)24-5-4-22(30)14-25(24)31/h4-7,12-14,19,23H,3,8-11,15-18H2,1-2H3,(H,34,41)/t23-,29-/m1/s1. The highest BCUT2D eigenvalue weighted by atomic mass is 35.5. The average Bonchev–Trinajstić information content (AvgIpc) is 3.59. The molecule has 2 atom stereocenters. The van der Waals surface area contributed by atoms with E-state index < -0.39 is 5.79 Å². The number of thiocarbonyl (C=S) groups is 1. The molecule has 5 rings (SSSR count).